The Kier molecular flexibility index (Phi) is 7.46. The van der Waals surface area contributed by atoms with Crippen LogP contribution < -0.4 is 15.4 Å². The molecular formula is C25H27FN6O2. The summed E-state index contributed by atoms with van der Waals surface area (Å²) in [5, 5.41) is 5.71. The van der Waals surface area contributed by atoms with Crippen LogP contribution in [0.4, 0.5) is 21.7 Å². The molecule has 0 spiro atoms. The van der Waals surface area contributed by atoms with E-state index >= 15 is 0 Å². The van der Waals surface area contributed by atoms with Gasteiger partial charge in [-0.05, 0) is 43.0 Å². The van der Waals surface area contributed by atoms with Crippen LogP contribution in [0, 0.1) is 5.82 Å². The van der Waals surface area contributed by atoms with Gasteiger partial charge in [-0.15, -0.1) is 0 Å². The summed E-state index contributed by atoms with van der Waals surface area (Å²) in [6, 6.07) is 14.6. The molecule has 3 aromatic rings. The summed E-state index contributed by atoms with van der Waals surface area (Å²) in [5.41, 5.74) is 2.50. The number of benzene rings is 2. The maximum Gasteiger partial charge on any atom is 0.260 e. The first-order valence-electron chi connectivity index (χ1n) is 11.0. The molecule has 9 heteroatoms. The molecule has 1 aromatic heterocycles. The number of likely N-dealkylation sites (N-methyl/N-ethyl adjacent to an activating group) is 1. The largest absolute Gasteiger partial charge is 0.436 e. The van der Waals surface area contributed by atoms with Gasteiger partial charge >= 0.3 is 0 Å². The van der Waals surface area contributed by atoms with Crippen molar-refractivity contribution in [3.63, 3.8) is 0 Å². The number of nitrogens with one attached hydrogen (secondary N) is 2. The first kappa shape index (κ1) is 23.3. The van der Waals surface area contributed by atoms with Crippen molar-refractivity contribution < 1.29 is 13.9 Å². The van der Waals surface area contributed by atoms with Gasteiger partial charge in [-0.1, -0.05) is 24.8 Å². The fourth-order valence-corrected chi connectivity index (χ4v) is 3.51. The minimum absolute atomic E-state index is 0.208. The number of nitrogens with zero attached hydrogens (tertiary/aromatic N) is 4. The minimum atomic E-state index is -0.700. The Bertz CT molecular complexity index is 1150. The highest BCUT2D eigenvalue weighted by molar-refractivity contribution is 5.98. The SMILES string of the molecule is C=CC(=O)Nc1cccc(Oc2nc(Nc3ccc(CN4CCN(C)CC4)cc3)ncc2F)c1. The molecule has 0 atom stereocenters. The molecule has 8 nitrogen and oxygen atoms in total. The lowest BCUT2D eigenvalue weighted by Crippen LogP contribution is -2.43. The molecule has 0 radical (unpaired) electrons. The molecule has 1 aliphatic rings. The third kappa shape index (κ3) is 6.37. The molecule has 1 amide bonds. The van der Waals surface area contributed by atoms with E-state index in [1.807, 2.05) is 12.1 Å². The lowest BCUT2D eigenvalue weighted by molar-refractivity contribution is -0.111. The quantitative estimate of drug-likeness (QED) is 0.489. The summed E-state index contributed by atoms with van der Waals surface area (Å²) >= 11 is 0. The van der Waals surface area contributed by atoms with Crippen LogP contribution >= 0.6 is 0 Å². The maximum absolute atomic E-state index is 14.3. The molecule has 2 N–H and O–H groups in total. The number of hydrogen-bond acceptors (Lipinski definition) is 7. The van der Waals surface area contributed by atoms with Crippen molar-refractivity contribution in [2.24, 2.45) is 0 Å². The monoisotopic (exact) mass is 462 g/mol. The third-order valence-electron chi connectivity index (χ3n) is 5.43. The number of aromatic nitrogens is 2. The van der Waals surface area contributed by atoms with Crippen LogP contribution in [0.3, 0.4) is 0 Å². The van der Waals surface area contributed by atoms with Gasteiger partial charge < -0.3 is 20.3 Å². The zero-order valence-electron chi connectivity index (χ0n) is 19.0. The van der Waals surface area contributed by atoms with Crippen LogP contribution in [0.25, 0.3) is 0 Å². The van der Waals surface area contributed by atoms with E-state index in [1.54, 1.807) is 24.3 Å². The Labute approximate surface area is 198 Å². The molecule has 2 aromatic carbocycles. The summed E-state index contributed by atoms with van der Waals surface area (Å²) in [4.78, 5) is 24.4. The second kappa shape index (κ2) is 10.9. The molecular weight excluding hydrogens is 435 g/mol. The number of anilines is 3. The van der Waals surface area contributed by atoms with Crippen molar-refractivity contribution in [3.05, 3.63) is 78.8 Å². The van der Waals surface area contributed by atoms with E-state index in [0.717, 1.165) is 50.7 Å². The Hall–Kier alpha value is -3.82. The number of amides is 1. The van der Waals surface area contributed by atoms with E-state index in [9.17, 15) is 9.18 Å². The van der Waals surface area contributed by atoms with Gasteiger partial charge in [0.05, 0.1) is 6.20 Å². The number of halogens is 1. The Morgan fingerprint density at radius 3 is 2.65 bits per heavy atom. The number of rotatable bonds is 8. The van der Waals surface area contributed by atoms with Gasteiger partial charge in [0.1, 0.15) is 5.75 Å². The number of ether oxygens (including phenoxy) is 1. The van der Waals surface area contributed by atoms with E-state index < -0.39 is 5.82 Å². The van der Waals surface area contributed by atoms with E-state index in [2.05, 4.69) is 56.2 Å². The Morgan fingerprint density at radius 2 is 1.91 bits per heavy atom. The topological polar surface area (TPSA) is 82.6 Å². The van der Waals surface area contributed by atoms with E-state index in [1.165, 1.54) is 5.56 Å². The van der Waals surface area contributed by atoms with Crippen LogP contribution in [-0.2, 0) is 11.3 Å². The van der Waals surface area contributed by atoms with Gasteiger partial charge in [0.15, 0.2) is 0 Å². The van der Waals surface area contributed by atoms with Gasteiger partial charge in [0.2, 0.25) is 17.7 Å². The lowest BCUT2D eigenvalue weighted by Gasteiger charge is -2.32. The van der Waals surface area contributed by atoms with Crippen LogP contribution in [0.1, 0.15) is 5.56 Å². The minimum Gasteiger partial charge on any atom is -0.436 e. The van der Waals surface area contributed by atoms with Crippen LogP contribution in [-0.4, -0.2) is 58.9 Å². The van der Waals surface area contributed by atoms with Crippen molar-refractivity contribution in [1.82, 2.24) is 19.8 Å². The van der Waals surface area contributed by atoms with Crippen LogP contribution in [0.15, 0.2) is 67.4 Å². The van der Waals surface area contributed by atoms with Crippen molar-refractivity contribution >= 4 is 23.2 Å². The van der Waals surface area contributed by atoms with E-state index in [-0.39, 0.29) is 17.7 Å². The standard InChI is InChI=1S/C25H27FN6O2/c1-3-23(33)28-20-5-4-6-21(15-20)34-24-22(26)16-27-25(30-24)29-19-9-7-18(8-10-19)17-32-13-11-31(2)12-14-32/h3-10,15-16H,1,11-14,17H2,2H3,(H,28,33)(H,27,29,30). The lowest BCUT2D eigenvalue weighted by atomic mass is 10.2. The zero-order chi connectivity index (χ0) is 23.9. The predicted octanol–water partition coefficient (Wildman–Crippen LogP) is 4.02. The highest BCUT2D eigenvalue weighted by Gasteiger charge is 2.14. The number of piperazine rings is 1. The van der Waals surface area contributed by atoms with E-state index in [0.29, 0.717) is 11.4 Å². The summed E-state index contributed by atoms with van der Waals surface area (Å²) < 4.78 is 19.9. The normalized spacial score (nSPS) is 14.4. The molecule has 34 heavy (non-hydrogen) atoms. The van der Waals surface area contributed by atoms with Gasteiger partial charge in [-0.25, -0.2) is 4.98 Å². The van der Waals surface area contributed by atoms with Crippen molar-refractivity contribution in [3.8, 4) is 11.6 Å². The van der Waals surface area contributed by atoms with Gasteiger partial charge in [0.25, 0.3) is 5.88 Å². The summed E-state index contributed by atoms with van der Waals surface area (Å²) in [5.74, 6) is -0.755. The molecule has 4 rings (SSSR count). The van der Waals surface area contributed by atoms with Crippen LogP contribution in [0.5, 0.6) is 11.6 Å². The molecule has 0 unspecified atom stereocenters. The van der Waals surface area contributed by atoms with Crippen molar-refractivity contribution in [2.45, 2.75) is 6.54 Å². The first-order valence-corrected chi connectivity index (χ1v) is 11.0. The Morgan fingerprint density at radius 1 is 1.15 bits per heavy atom. The number of carbonyl (C=O) groups is 1. The zero-order valence-corrected chi connectivity index (χ0v) is 19.0. The fourth-order valence-electron chi connectivity index (χ4n) is 3.51. The molecule has 2 heterocycles. The molecule has 0 bridgehead atoms. The van der Waals surface area contributed by atoms with Crippen molar-refractivity contribution in [2.75, 3.05) is 43.9 Å². The second-order valence-corrected chi connectivity index (χ2v) is 8.07. The molecule has 1 saturated heterocycles. The van der Waals surface area contributed by atoms with Crippen molar-refractivity contribution in [1.29, 1.82) is 0 Å². The predicted molar refractivity (Wildman–Crippen MR) is 130 cm³/mol. The van der Waals surface area contributed by atoms with Gasteiger partial charge in [-0.3, -0.25) is 9.69 Å². The highest BCUT2D eigenvalue weighted by atomic mass is 19.1. The smallest absolute Gasteiger partial charge is 0.260 e. The summed E-state index contributed by atoms with van der Waals surface area (Å²) in [6.07, 6.45) is 2.21. The number of carbonyl (C=O) groups excluding carboxylic acids is 1. The molecule has 1 fully saturated rings. The summed E-state index contributed by atoms with van der Waals surface area (Å²) in [6.45, 7) is 8.61. The fraction of sp³-hybridized carbons (Fsp3) is 0.240. The van der Waals surface area contributed by atoms with Crippen LogP contribution in [0.2, 0.25) is 0 Å². The maximum atomic E-state index is 14.3. The third-order valence-corrected chi connectivity index (χ3v) is 5.43. The second-order valence-electron chi connectivity index (χ2n) is 8.07. The van der Waals surface area contributed by atoms with E-state index in [4.69, 9.17) is 4.74 Å². The molecule has 0 saturated carbocycles. The molecule has 0 aliphatic carbocycles. The average Bonchev–Trinajstić information content (AvgIpc) is 2.84. The highest BCUT2D eigenvalue weighted by Crippen LogP contribution is 2.26. The molecule has 176 valence electrons. The van der Waals surface area contributed by atoms with Gasteiger partial charge in [0, 0.05) is 50.2 Å². The van der Waals surface area contributed by atoms with Gasteiger partial charge in [-0.2, -0.15) is 9.37 Å². The molecule has 1 aliphatic heterocycles. The number of hydrogen-bond donors (Lipinski definition) is 2. The first-order chi connectivity index (χ1) is 16.5. The average molecular weight is 463 g/mol. The Balaban J connectivity index is 1.40. The summed E-state index contributed by atoms with van der Waals surface area (Å²) in [7, 11) is 2.15.